The minimum atomic E-state index is -0.470. The Kier molecular flexibility index (Phi) is 8.45. The molecule has 222 valence electrons. The lowest BCUT2D eigenvalue weighted by atomic mass is 9.79. The van der Waals surface area contributed by atoms with Crippen LogP contribution >= 0.6 is 0 Å². The maximum absolute atomic E-state index is 9.50. The number of nitrogens with two attached hydrogens (primary N) is 1. The normalized spacial score (nSPS) is 21.2. The summed E-state index contributed by atoms with van der Waals surface area (Å²) >= 11 is 0. The van der Waals surface area contributed by atoms with Crippen LogP contribution in [0, 0.1) is 28.6 Å². The lowest BCUT2D eigenvalue weighted by Gasteiger charge is -2.28. The van der Waals surface area contributed by atoms with E-state index in [1.165, 1.54) is 6.42 Å². The Bertz CT molecular complexity index is 1650. The summed E-state index contributed by atoms with van der Waals surface area (Å²) in [5.41, 5.74) is 8.99. The highest BCUT2D eigenvalue weighted by Crippen LogP contribution is 2.37. The van der Waals surface area contributed by atoms with Crippen LogP contribution in [0.25, 0.3) is 22.5 Å². The molecular weight excluding hydrogens is 546 g/mol. The van der Waals surface area contributed by atoms with Gasteiger partial charge in [0.1, 0.15) is 23.6 Å². The molecule has 13 heteroatoms. The topological polar surface area (TPSA) is 178 Å². The van der Waals surface area contributed by atoms with E-state index in [-0.39, 0.29) is 17.7 Å². The third kappa shape index (κ3) is 6.28. The first kappa shape index (κ1) is 28.5. The van der Waals surface area contributed by atoms with Gasteiger partial charge >= 0.3 is 0 Å². The maximum Gasteiger partial charge on any atom is 0.167 e. The van der Waals surface area contributed by atoms with E-state index in [4.69, 9.17) is 15.2 Å². The molecule has 1 saturated carbocycles. The van der Waals surface area contributed by atoms with Crippen molar-refractivity contribution < 1.29 is 9.47 Å². The predicted molar refractivity (Wildman–Crippen MR) is 158 cm³/mol. The number of anilines is 2. The quantitative estimate of drug-likeness (QED) is 0.286. The summed E-state index contributed by atoms with van der Waals surface area (Å²) in [5.74, 6) is 1.60. The second kappa shape index (κ2) is 12.7. The summed E-state index contributed by atoms with van der Waals surface area (Å²) in [4.78, 5) is 9.00. The smallest absolute Gasteiger partial charge is 0.167 e. The summed E-state index contributed by atoms with van der Waals surface area (Å²) in [6, 6.07) is 7.23. The van der Waals surface area contributed by atoms with E-state index in [9.17, 15) is 10.5 Å². The number of nitrogens with zero attached hydrogens (tertiary/aromatic N) is 9. The first-order valence-corrected chi connectivity index (χ1v) is 14.9. The molecule has 4 aromatic heterocycles. The summed E-state index contributed by atoms with van der Waals surface area (Å²) < 4.78 is 14.9. The van der Waals surface area contributed by atoms with E-state index in [0.29, 0.717) is 40.1 Å². The van der Waals surface area contributed by atoms with Gasteiger partial charge in [-0.2, -0.15) is 20.3 Å². The highest BCUT2D eigenvalue weighted by molar-refractivity contribution is 5.80. The number of nitrogens with one attached hydrogen (secondary N) is 1. The van der Waals surface area contributed by atoms with Gasteiger partial charge in [-0.3, -0.25) is 0 Å². The highest BCUT2D eigenvalue weighted by Gasteiger charge is 2.26. The van der Waals surface area contributed by atoms with Crippen molar-refractivity contribution in [2.75, 3.05) is 24.3 Å². The molecule has 1 aliphatic heterocycles. The zero-order valence-electron chi connectivity index (χ0n) is 24.2. The number of nitrogen functional groups attached to an aromatic ring is 1. The minimum absolute atomic E-state index is 0.0220. The number of nitriles is 2. The second-order valence-electron chi connectivity index (χ2n) is 11.3. The average Bonchev–Trinajstić information content (AvgIpc) is 3.69. The molecule has 13 nitrogen and oxygen atoms in total. The van der Waals surface area contributed by atoms with E-state index >= 15 is 0 Å². The standard InChI is InChI=1S/C30H35N11O2/c1-19(14-31)36-24-13-27(41-30-23(16-35-41)12-22(15-32)29(33)37-30)34-17-26(24)40-18-25(38-39-40)21-7-5-20(6-8-21)9-11-43-28-4-2-3-10-42-28/h12-13,16-21,28H,2-11H2,1H3,(H2,33,37)(H,34,36)/t19-,20?,21?,28?/m1/s1. The number of pyridine rings is 2. The van der Waals surface area contributed by atoms with Gasteiger partial charge in [0.25, 0.3) is 0 Å². The molecule has 1 saturated heterocycles. The lowest BCUT2D eigenvalue weighted by Crippen LogP contribution is -2.24. The van der Waals surface area contributed by atoms with Gasteiger partial charge in [0.05, 0.1) is 41.6 Å². The molecule has 0 radical (unpaired) electrons. The Morgan fingerprint density at radius 1 is 1.16 bits per heavy atom. The zero-order chi connectivity index (χ0) is 29.8. The van der Waals surface area contributed by atoms with Gasteiger partial charge in [0, 0.05) is 30.6 Å². The summed E-state index contributed by atoms with van der Waals surface area (Å²) in [7, 11) is 0. The largest absolute Gasteiger partial charge is 0.383 e. The summed E-state index contributed by atoms with van der Waals surface area (Å²) in [6.07, 6.45) is 14.0. The molecule has 5 heterocycles. The zero-order valence-corrected chi connectivity index (χ0v) is 24.2. The fourth-order valence-electron chi connectivity index (χ4n) is 5.88. The number of hydrogen-bond donors (Lipinski definition) is 2. The second-order valence-corrected chi connectivity index (χ2v) is 11.3. The van der Waals surface area contributed by atoms with Crippen molar-refractivity contribution >= 4 is 22.5 Å². The minimum Gasteiger partial charge on any atom is -0.383 e. The highest BCUT2D eigenvalue weighted by atomic mass is 16.7. The summed E-state index contributed by atoms with van der Waals surface area (Å²) in [6.45, 7) is 3.34. The van der Waals surface area contributed by atoms with Gasteiger partial charge in [0.2, 0.25) is 0 Å². The van der Waals surface area contributed by atoms with E-state index in [1.807, 2.05) is 12.3 Å². The Balaban J connectivity index is 1.16. The fraction of sp³-hybridized carbons (Fsp3) is 0.500. The SMILES string of the molecule is C[C@H](C#N)Nc1cc(-n2ncc3cc(C#N)c(N)nc32)ncc1-n1cc(C2CCC(CCOC3CCCCO3)CC2)nn1. The van der Waals surface area contributed by atoms with Crippen LogP contribution < -0.4 is 11.1 Å². The Morgan fingerprint density at radius 3 is 2.79 bits per heavy atom. The van der Waals surface area contributed by atoms with Gasteiger partial charge in [-0.25, -0.2) is 14.6 Å². The van der Waals surface area contributed by atoms with Crippen LogP contribution in [0.3, 0.4) is 0 Å². The molecule has 0 spiro atoms. The van der Waals surface area contributed by atoms with Gasteiger partial charge < -0.3 is 20.5 Å². The molecule has 1 aliphatic carbocycles. The molecule has 1 unspecified atom stereocenters. The predicted octanol–water partition coefficient (Wildman–Crippen LogP) is 4.38. The summed E-state index contributed by atoms with van der Waals surface area (Å²) in [5, 5.41) is 36.1. The molecule has 2 aliphatic rings. The lowest BCUT2D eigenvalue weighted by molar-refractivity contribution is -0.164. The van der Waals surface area contributed by atoms with Crippen LogP contribution in [-0.2, 0) is 9.47 Å². The van der Waals surface area contributed by atoms with E-state index in [0.717, 1.165) is 63.9 Å². The van der Waals surface area contributed by atoms with Gasteiger partial charge in [-0.15, -0.1) is 5.10 Å². The molecule has 2 fully saturated rings. The molecule has 0 amide bonds. The fourth-order valence-corrected chi connectivity index (χ4v) is 5.88. The van der Waals surface area contributed by atoms with Crippen LogP contribution in [0.1, 0.15) is 75.5 Å². The van der Waals surface area contributed by atoms with Crippen molar-refractivity contribution in [1.29, 1.82) is 10.5 Å². The molecule has 2 atom stereocenters. The monoisotopic (exact) mass is 581 g/mol. The van der Waals surface area contributed by atoms with Crippen LogP contribution in [0.5, 0.6) is 0 Å². The third-order valence-corrected chi connectivity index (χ3v) is 8.34. The first-order chi connectivity index (χ1) is 21.0. The number of rotatable bonds is 9. The van der Waals surface area contributed by atoms with Gasteiger partial charge in [0.15, 0.2) is 17.8 Å². The number of fused-ring (bicyclic) bond motifs is 1. The van der Waals surface area contributed by atoms with Crippen molar-refractivity contribution in [3.63, 3.8) is 0 Å². The number of ether oxygens (including phenoxy) is 2. The van der Waals surface area contributed by atoms with Crippen molar-refractivity contribution in [3.8, 4) is 23.6 Å². The van der Waals surface area contributed by atoms with E-state index in [1.54, 1.807) is 40.8 Å². The average molecular weight is 582 g/mol. The molecule has 0 bridgehead atoms. The maximum atomic E-state index is 9.50. The first-order valence-electron chi connectivity index (χ1n) is 14.9. The molecule has 4 aromatic rings. The third-order valence-electron chi connectivity index (χ3n) is 8.34. The van der Waals surface area contributed by atoms with Gasteiger partial charge in [-0.1, -0.05) is 5.21 Å². The van der Waals surface area contributed by atoms with Crippen LogP contribution in [0.2, 0.25) is 0 Å². The Labute approximate surface area is 249 Å². The van der Waals surface area contributed by atoms with E-state index < -0.39 is 6.04 Å². The molecule has 0 aromatic carbocycles. The van der Waals surface area contributed by atoms with Crippen molar-refractivity contribution in [2.45, 2.75) is 76.5 Å². The van der Waals surface area contributed by atoms with E-state index in [2.05, 4.69) is 36.8 Å². The van der Waals surface area contributed by atoms with Crippen LogP contribution in [0.15, 0.2) is 30.7 Å². The molecular formula is C30H35N11O2. The Morgan fingerprint density at radius 2 is 2.02 bits per heavy atom. The van der Waals surface area contributed by atoms with Gasteiger partial charge in [-0.05, 0) is 70.3 Å². The number of hydrogen-bond acceptors (Lipinski definition) is 11. The molecule has 6 rings (SSSR count). The molecule has 43 heavy (non-hydrogen) atoms. The molecule has 3 N–H and O–H groups in total. The van der Waals surface area contributed by atoms with Crippen LogP contribution in [-0.4, -0.2) is 60.3 Å². The van der Waals surface area contributed by atoms with Crippen LogP contribution in [0.4, 0.5) is 11.5 Å². The van der Waals surface area contributed by atoms with Crippen molar-refractivity contribution in [1.82, 2.24) is 34.7 Å². The number of aromatic nitrogens is 7. The Hall–Kier alpha value is -4.59. The van der Waals surface area contributed by atoms with Crippen molar-refractivity contribution in [2.24, 2.45) is 5.92 Å². The van der Waals surface area contributed by atoms with Crippen molar-refractivity contribution in [3.05, 3.63) is 42.0 Å².